The summed E-state index contributed by atoms with van der Waals surface area (Å²) in [6, 6.07) is 19.2. The number of H-pyrrole nitrogens is 1. The Balaban J connectivity index is 1.31. The van der Waals surface area contributed by atoms with E-state index in [9.17, 15) is 9.59 Å². The Morgan fingerprint density at radius 2 is 1.84 bits per heavy atom. The van der Waals surface area contributed by atoms with E-state index in [2.05, 4.69) is 26.8 Å². The van der Waals surface area contributed by atoms with Crippen LogP contribution in [0, 0.1) is 5.92 Å². The third kappa shape index (κ3) is 4.07. The van der Waals surface area contributed by atoms with Gasteiger partial charge in [-0.05, 0) is 43.0 Å². The van der Waals surface area contributed by atoms with E-state index in [1.807, 2.05) is 54.7 Å². The van der Waals surface area contributed by atoms with Crippen LogP contribution >= 0.6 is 0 Å². The number of hydrogen-bond acceptors (Lipinski definition) is 3. The van der Waals surface area contributed by atoms with Gasteiger partial charge in [-0.1, -0.05) is 36.4 Å². The van der Waals surface area contributed by atoms with Crippen molar-refractivity contribution in [1.29, 1.82) is 0 Å². The second-order valence-electron chi connectivity index (χ2n) is 7.79. The summed E-state index contributed by atoms with van der Waals surface area (Å²) in [5.74, 6) is 0.275. The number of aromatic nitrogens is 3. The van der Waals surface area contributed by atoms with E-state index in [0.29, 0.717) is 18.8 Å². The average Bonchev–Trinajstić information content (AvgIpc) is 3.45. The molecule has 0 bridgehead atoms. The normalized spacial score (nSPS) is 13.3. The zero-order chi connectivity index (χ0) is 21.2. The number of anilines is 1. The highest BCUT2D eigenvalue weighted by atomic mass is 16.2. The predicted octanol–water partition coefficient (Wildman–Crippen LogP) is 3.67. The maximum Gasteiger partial charge on any atom is 0.271 e. The average molecular weight is 413 g/mol. The van der Waals surface area contributed by atoms with Gasteiger partial charge in [-0.3, -0.25) is 9.59 Å². The number of aromatic amines is 1. The van der Waals surface area contributed by atoms with Crippen molar-refractivity contribution in [3.05, 3.63) is 78.1 Å². The fraction of sp³-hybridized carbons (Fsp3) is 0.208. The summed E-state index contributed by atoms with van der Waals surface area (Å²) in [5, 5.41) is 11.5. The second kappa shape index (κ2) is 8.10. The van der Waals surface area contributed by atoms with E-state index >= 15 is 0 Å². The first-order valence-electron chi connectivity index (χ1n) is 10.5. The van der Waals surface area contributed by atoms with Gasteiger partial charge in [0.05, 0.1) is 5.69 Å². The van der Waals surface area contributed by atoms with Crippen molar-refractivity contribution < 1.29 is 9.59 Å². The molecule has 0 spiro atoms. The van der Waals surface area contributed by atoms with Gasteiger partial charge >= 0.3 is 0 Å². The lowest BCUT2D eigenvalue weighted by molar-refractivity contribution is -0.117. The quantitative estimate of drug-likeness (QED) is 0.432. The fourth-order valence-corrected chi connectivity index (χ4v) is 3.66. The fourth-order valence-electron chi connectivity index (χ4n) is 3.66. The topological polar surface area (TPSA) is 91.8 Å². The molecule has 0 atom stereocenters. The molecule has 5 rings (SSSR count). The summed E-state index contributed by atoms with van der Waals surface area (Å²) >= 11 is 0. The molecule has 2 heterocycles. The number of benzene rings is 2. The van der Waals surface area contributed by atoms with Crippen LogP contribution in [0.1, 0.15) is 28.9 Å². The van der Waals surface area contributed by atoms with E-state index in [-0.39, 0.29) is 23.4 Å². The maximum atomic E-state index is 12.8. The van der Waals surface area contributed by atoms with Gasteiger partial charge in [0.1, 0.15) is 5.82 Å². The van der Waals surface area contributed by atoms with Crippen molar-refractivity contribution in [3.63, 3.8) is 0 Å². The molecule has 0 saturated heterocycles. The molecule has 3 N–H and O–H groups in total. The third-order valence-corrected chi connectivity index (χ3v) is 5.50. The number of nitrogens with one attached hydrogen (secondary N) is 3. The van der Waals surface area contributed by atoms with Crippen molar-refractivity contribution in [2.45, 2.75) is 19.3 Å². The highest BCUT2D eigenvalue weighted by Gasteiger charge is 2.30. The lowest BCUT2D eigenvalue weighted by atomic mass is 10.1. The summed E-state index contributed by atoms with van der Waals surface area (Å²) in [6.07, 6.45) is 4.51. The Kier molecular flexibility index (Phi) is 5.00. The Labute approximate surface area is 179 Å². The summed E-state index contributed by atoms with van der Waals surface area (Å²) < 4.78 is 1.61. The molecule has 156 valence electrons. The number of carbonyl (C=O) groups excluding carboxylic acids is 2. The van der Waals surface area contributed by atoms with Crippen LogP contribution in [-0.2, 0) is 11.2 Å². The molecular formula is C24H23N5O2. The van der Waals surface area contributed by atoms with Crippen LogP contribution in [0.2, 0.25) is 0 Å². The van der Waals surface area contributed by atoms with Gasteiger partial charge < -0.3 is 15.6 Å². The largest absolute Gasteiger partial charge is 0.361 e. The van der Waals surface area contributed by atoms with Crippen LogP contribution in [-0.4, -0.2) is 33.1 Å². The molecule has 0 radical (unpaired) electrons. The SMILES string of the molecule is O=C(NCCc1c[nH]c2ccccc12)c1cc(NC(=O)C2CC2)n(-c2ccccc2)n1. The molecule has 1 fully saturated rings. The standard InChI is InChI=1S/C24H23N5O2/c30-23(16-10-11-16)27-22-14-21(28-29(22)18-6-2-1-3-7-18)24(31)25-13-12-17-15-26-20-9-5-4-8-19(17)20/h1-9,14-16,26H,10-13H2,(H,25,31)(H,27,30). The van der Waals surface area contributed by atoms with Crippen molar-refractivity contribution >= 4 is 28.5 Å². The first-order valence-corrected chi connectivity index (χ1v) is 10.5. The van der Waals surface area contributed by atoms with Crippen LogP contribution in [0.15, 0.2) is 66.9 Å². The van der Waals surface area contributed by atoms with Crippen molar-refractivity contribution in [2.24, 2.45) is 5.92 Å². The van der Waals surface area contributed by atoms with Gasteiger partial charge in [-0.25, -0.2) is 4.68 Å². The first-order chi connectivity index (χ1) is 15.2. The lowest BCUT2D eigenvalue weighted by Crippen LogP contribution is -2.26. The zero-order valence-electron chi connectivity index (χ0n) is 17.0. The maximum absolute atomic E-state index is 12.8. The minimum Gasteiger partial charge on any atom is -0.361 e. The van der Waals surface area contributed by atoms with Crippen LogP contribution in [0.4, 0.5) is 5.82 Å². The van der Waals surface area contributed by atoms with E-state index < -0.39 is 0 Å². The monoisotopic (exact) mass is 413 g/mol. The number of amides is 2. The molecule has 4 aromatic rings. The van der Waals surface area contributed by atoms with Crippen LogP contribution < -0.4 is 10.6 Å². The van der Waals surface area contributed by atoms with Crippen LogP contribution in [0.3, 0.4) is 0 Å². The third-order valence-electron chi connectivity index (χ3n) is 5.50. The molecular weight excluding hydrogens is 390 g/mol. The molecule has 2 aromatic heterocycles. The molecule has 1 aliphatic rings. The smallest absolute Gasteiger partial charge is 0.271 e. The molecule has 1 saturated carbocycles. The van der Waals surface area contributed by atoms with Crippen molar-refractivity contribution in [3.8, 4) is 5.69 Å². The van der Waals surface area contributed by atoms with Crippen molar-refractivity contribution in [1.82, 2.24) is 20.1 Å². The molecule has 2 amide bonds. The van der Waals surface area contributed by atoms with Gasteiger partial charge in [0.2, 0.25) is 5.91 Å². The summed E-state index contributed by atoms with van der Waals surface area (Å²) in [5.41, 5.74) is 3.30. The second-order valence-corrected chi connectivity index (χ2v) is 7.79. The Morgan fingerprint density at radius 3 is 2.65 bits per heavy atom. The molecule has 7 nitrogen and oxygen atoms in total. The molecule has 0 aliphatic heterocycles. The van der Waals surface area contributed by atoms with Crippen LogP contribution in [0.5, 0.6) is 0 Å². The van der Waals surface area contributed by atoms with Gasteiger partial charge in [0, 0.05) is 35.6 Å². The number of rotatable bonds is 7. The van der Waals surface area contributed by atoms with Gasteiger partial charge in [-0.2, -0.15) is 5.10 Å². The van der Waals surface area contributed by atoms with E-state index in [4.69, 9.17) is 0 Å². The number of carbonyl (C=O) groups is 2. The molecule has 1 aliphatic carbocycles. The zero-order valence-corrected chi connectivity index (χ0v) is 17.0. The molecule has 0 unspecified atom stereocenters. The molecule has 31 heavy (non-hydrogen) atoms. The summed E-state index contributed by atoms with van der Waals surface area (Å²) in [7, 11) is 0. The van der Waals surface area contributed by atoms with Crippen molar-refractivity contribution in [2.75, 3.05) is 11.9 Å². The van der Waals surface area contributed by atoms with Crippen LogP contribution in [0.25, 0.3) is 16.6 Å². The molecule has 7 heteroatoms. The van der Waals surface area contributed by atoms with Gasteiger partial charge in [0.25, 0.3) is 5.91 Å². The van der Waals surface area contributed by atoms with Gasteiger partial charge in [0.15, 0.2) is 5.69 Å². The van der Waals surface area contributed by atoms with E-state index in [0.717, 1.165) is 35.0 Å². The highest BCUT2D eigenvalue weighted by Crippen LogP contribution is 2.30. The molecule has 2 aromatic carbocycles. The first kappa shape index (κ1) is 19.1. The number of nitrogens with zero attached hydrogens (tertiary/aromatic N) is 2. The van der Waals surface area contributed by atoms with Gasteiger partial charge in [-0.15, -0.1) is 0 Å². The van der Waals surface area contributed by atoms with E-state index in [1.165, 1.54) is 0 Å². The Hall–Kier alpha value is -3.87. The number of fused-ring (bicyclic) bond motifs is 1. The lowest BCUT2D eigenvalue weighted by Gasteiger charge is -2.08. The Morgan fingerprint density at radius 1 is 1.06 bits per heavy atom. The number of hydrogen-bond donors (Lipinski definition) is 3. The number of para-hydroxylation sites is 2. The minimum absolute atomic E-state index is 0.0247. The minimum atomic E-state index is -0.267. The highest BCUT2D eigenvalue weighted by molar-refractivity contribution is 5.97. The summed E-state index contributed by atoms with van der Waals surface area (Å²) in [6.45, 7) is 0.489. The Bertz CT molecular complexity index is 1240. The summed E-state index contributed by atoms with van der Waals surface area (Å²) in [4.78, 5) is 28.3. The van der Waals surface area contributed by atoms with E-state index in [1.54, 1.807) is 10.7 Å². The predicted molar refractivity (Wildman–Crippen MR) is 119 cm³/mol.